The topological polar surface area (TPSA) is 158 Å². The molecule has 0 saturated carbocycles. The van der Waals surface area contributed by atoms with Gasteiger partial charge in [-0.25, -0.2) is 8.42 Å². The number of nitrogens with two attached hydrogens (primary N) is 2. The first-order valence-corrected chi connectivity index (χ1v) is 3.93. The molecule has 0 aromatic carbocycles. The Kier molecular flexibility index (Phi) is 19.6. The number of hydrogen-bond donors (Lipinski definition) is 4. The van der Waals surface area contributed by atoms with Gasteiger partial charge in [0, 0.05) is 0 Å². The van der Waals surface area contributed by atoms with Crippen molar-refractivity contribution in [2.24, 2.45) is 11.7 Å². The van der Waals surface area contributed by atoms with E-state index in [-0.39, 0.29) is 5.48 Å². The molecule has 0 aliphatic carbocycles. The second-order valence-electron chi connectivity index (χ2n) is 0.434. The highest BCUT2D eigenvalue weighted by Crippen LogP contribution is 1.74. The van der Waals surface area contributed by atoms with Crippen molar-refractivity contribution in [1.82, 2.24) is 0 Å². The van der Waals surface area contributed by atoms with Crippen LogP contribution in [0, 0.1) is 0 Å². The summed E-state index contributed by atoms with van der Waals surface area (Å²) in [7, 11) is -5.18. The van der Waals surface area contributed by atoms with Gasteiger partial charge in [0.05, 0.1) is 0 Å². The molecule has 0 aliphatic heterocycles. The average molecular weight is 180 g/mol. The lowest BCUT2D eigenvalue weighted by molar-refractivity contribution is 0.548. The summed E-state index contributed by atoms with van der Waals surface area (Å²) in [6, 6.07) is 0. The lowest BCUT2D eigenvalue weighted by Crippen LogP contribution is -2.02. The molecule has 0 spiro atoms. The smallest absolute Gasteiger partial charge is 0.274 e. The van der Waals surface area contributed by atoms with Crippen molar-refractivity contribution in [3.05, 3.63) is 0 Å². The predicted molar refractivity (Wildman–Crippen MR) is 33.5 cm³/mol. The van der Waals surface area contributed by atoms with Crippen molar-refractivity contribution in [2.45, 2.75) is 0 Å². The largest absolute Gasteiger partial charge is 0.412 e. The summed E-state index contributed by atoms with van der Waals surface area (Å²) >= 11 is 0. The average Bonchev–Trinajstić information content (AvgIpc) is 1.72. The fraction of sp³-hybridized carbons (Fsp3) is 0. The Bertz CT molecular complexity index is 79.0. The maximum atomic E-state index is 9.26. The lowest BCUT2D eigenvalue weighted by Gasteiger charge is -1.74. The molecule has 0 aliphatic rings. The second kappa shape index (κ2) is 11.0. The highest BCUT2D eigenvalue weighted by molar-refractivity contribution is 8.56. The van der Waals surface area contributed by atoms with Crippen molar-refractivity contribution in [2.75, 3.05) is 0 Å². The van der Waals surface area contributed by atoms with Crippen molar-refractivity contribution in [1.29, 1.82) is 0 Å². The molecule has 9 heteroatoms. The molecule has 0 aromatic rings. The fourth-order valence-electron chi connectivity index (χ4n) is 0. The van der Waals surface area contributed by atoms with Crippen molar-refractivity contribution in [3.63, 3.8) is 0 Å². The van der Waals surface area contributed by atoms with Gasteiger partial charge < -0.3 is 5.48 Å². The van der Waals surface area contributed by atoms with Crippen LogP contribution >= 0.6 is 0 Å². The standard InChI is InChI=1S/H4N2.H2O4S2.H2O/c1-2;1-5(2)6(3)4;/h1-2H2;(H,1,2)(H,3,4);1H2. The van der Waals surface area contributed by atoms with Crippen molar-refractivity contribution in [3.8, 4) is 0 Å². The summed E-state index contributed by atoms with van der Waals surface area (Å²) in [6.45, 7) is 0. The first-order valence-electron chi connectivity index (χ1n) is 1.20. The van der Waals surface area contributed by atoms with Gasteiger partial charge in [0.15, 0.2) is 0 Å². The molecule has 0 radical (unpaired) electrons. The lowest BCUT2D eigenvalue weighted by atomic mass is 13.0. The normalized spacial score (nSPS) is 13.8. The van der Waals surface area contributed by atoms with Crippen LogP contribution in [0.1, 0.15) is 0 Å². The van der Waals surface area contributed by atoms with Crippen LogP contribution < -0.4 is 11.7 Å². The fourth-order valence-corrected chi connectivity index (χ4v) is 0. The first kappa shape index (κ1) is 16.0. The van der Waals surface area contributed by atoms with Crippen LogP contribution in [0.4, 0.5) is 0 Å². The third kappa shape index (κ3) is 17.9. The summed E-state index contributed by atoms with van der Waals surface area (Å²) in [4.78, 5) is 0. The van der Waals surface area contributed by atoms with Crippen LogP contribution in [0.5, 0.6) is 0 Å². The molecule has 0 amide bonds. The van der Waals surface area contributed by atoms with Crippen LogP contribution in [0.25, 0.3) is 0 Å². The van der Waals surface area contributed by atoms with Gasteiger partial charge in [-0.15, -0.1) is 0 Å². The van der Waals surface area contributed by atoms with Gasteiger partial charge in [0.1, 0.15) is 0 Å². The maximum Gasteiger partial charge on any atom is 0.274 e. The molecule has 2 atom stereocenters. The van der Waals surface area contributed by atoms with Gasteiger partial charge in [-0.3, -0.25) is 20.8 Å². The molecule has 0 bridgehead atoms. The zero-order chi connectivity index (χ0) is 7.15. The summed E-state index contributed by atoms with van der Waals surface area (Å²) in [6.07, 6.45) is 0. The highest BCUT2D eigenvalue weighted by atomic mass is 33.2. The van der Waals surface area contributed by atoms with E-state index in [1.165, 1.54) is 0 Å². The minimum absolute atomic E-state index is 0. The highest BCUT2D eigenvalue weighted by Gasteiger charge is 1.95. The Morgan fingerprint density at radius 3 is 1.11 bits per heavy atom. The number of rotatable bonds is 1. The van der Waals surface area contributed by atoms with E-state index in [2.05, 4.69) is 11.7 Å². The number of hydrogen-bond acceptors (Lipinski definition) is 4. The molecule has 0 aromatic heterocycles. The summed E-state index contributed by atoms with van der Waals surface area (Å²) in [5.41, 5.74) is 0. The van der Waals surface area contributed by atoms with E-state index in [9.17, 15) is 8.42 Å². The molecule has 7 nitrogen and oxygen atoms in total. The minimum atomic E-state index is -2.59. The van der Waals surface area contributed by atoms with E-state index in [4.69, 9.17) is 9.11 Å². The van der Waals surface area contributed by atoms with Gasteiger partial charge in [-0.05, 0) is 0 Å². The van der Waals surface area contributed by atoms with Crippen LogP contribution in [0.2, 0.25) is 0 Å². The van der Waals surface area contributed by atoms with Crippen LogP contribution in [-0.2, 0) is 20.2 Å². The molecule has 60 valence electrons. The molecular formula is H8N2O5S2. The quantitative estimate of drug-likeness (QED) is 0.149. The van der Waals surface area contributed by atoms with Crippen molar-refractivity contribution < 1.29 is 23.0 Å². The Balaban J connectivity index is -0.000000109. The van der Waals surface area contributed by atoms with Crippen LogP contribution in [-0.4, -0.2) is 23.0 Å². The van der Waals surface area contributed by atoms with Gasteiger partial charge in [-0.1, -0.05) is 0 Å². The zero-order valence-corrected chi connectivity index (χ0v) is 5.82. The zero-order valence-electron chi connectivity index (χ0n) is 4.18. The predicted octanol–water partition coefficient (Wildman–Crippen LogP) is -2.66. The molecule has 0 heterocycles. The summed E-state index contributed by atoms with van der Waals surface area (Å²) in [5, 5.41) is 0. The molecule has 0 saturated heterocycles. The van der Waals surface area contributed by atoms with Crippen LogP contribution in [0.3, 0.4) is 0 Å². The minimum Gasteiger partial charge on any atom is -0.412 e. The van der Waals surface area contributed by atoms with E-state index in [1.807, 2.05) is 0 Å². The summed E-state index contributed by atoms with van der Waals surface area (Å²) in [5.74, 6) is 8.00. The van der Waals surface area contributed by atoms with Gasteiger partial charge >= 0.3 is 0 Å². The number of hydrazine groups is 1. The molecule has 0 fully saturated rings. The molecule has 0 rings (SSSR count). The monoisotopic (exact) mass is 180 g/mol. The van der Waals surface area contributed by atoms with Crippen molar-refractivity contribution >= 4 is 20.2 Å². The van der Waals surface area contributed by atoms with E-state index >= 15 is 0 Å². The Labute approximate surface area is 55.7 Å². The second-order valence-corrected chi connectivity index (χ2v) is 3.01. The Morgan fingerprint density at radius 1 is 1.00 bits per heavy atom. The third-order valence-electron chi connectivity index (χ3n) is 0.122. The van der Waals surface area contributed by atoms with E-state index < -0.39 is 20.2 Å². The molecule has 2 unspecified atom stereocenters. The van der Waals surface area contributed by atoms with Gasteiger partial charge in [0.25, 0.3) is 20.2 Å². The summed E-state index contributed by atoms with van der Waals surface area (Å²) < 4.78 is 33.6. The molecular weight excluding hydrogens is 172 g/mol. The van der Waals surface area contributed by atoms with E-state index in [1.54, 1.807) is 0 Å². The van der Waals surface area contributed by atoms with Gasteiger partial charge in [0.2, 0.25) is 0 Å². The maximum absolute atomic E-state index is 9.26. The Hall–Kier alpha value is 0.1000. The van der Waals surface area contributed by atoms with Gasteiger partial charge in [-0.2, -0.15) is 0 Å². The first-order chi connectivity index (χ1) is 3.64. The Morgan fingerprint density at radius 2 is 1.11 bits per heavy atom. The van der Waals surface area contributed by atoms with E-state index in [0.29, 0.717) is 0 Å². The third-order valence-corrected chi connectivity index (χ3v) is 1.10. The molecule has 8 N–H and O–H groups in total. The SMILES string of the molecule is NN.O.O=S(O)S(=O)O. The van der Waals surface area contributed by atoms with Crippen LogP contribution in [0.15, 0.2) is 0 Å². The molecule has 9 heavy (non-hydrogen) atoms. The van der Waals surface area contributed by atoms with E-state index in [0.717, 1.165) is 0 Å².